The molecule has 0 amide bonds. The molecular weight excluding hydrogens is 254 g/mol. The SMILES string of the molecule is C=C(Cl)CN(C#N)c1cc(Cl)cc(Cl)c1. The number of anilines is 1. The van der Waals surface area contributed by atoms with Crippen LogP contribution in [-0.2, 0) is 0 Å². The smallest absolute Gasteiger partial charge is 0.184 e. The third-order valence-corrected chi connectivity index (χ3v) is 2.17. The summed E-state index contributed by atoms with van der Waals surface area (Å²) < 4.78 is 0. The average molecular weight is 262 g/mol. The van der Waals surface area contributed by atoms with Crippen molar-refractivity contribution in [3.63, 3.8) is 0 Å². The largest absolute Gasteiger partial charge is 0.274 e. The number of benzene rings is 1. The molecule has 0 aliphatic rings. The summed E-state index contributed by atoms with van der Waals surface area (Å²) in [5.74, 6) is 0. The van der Waals surface area contributed by atoms with Crippen LogP contribution < -0.4 is 4.90 Å². The Balaban J connectivity index is 3.02. The molecule has 0 spiro atoms. The maximum atomic E-state index is 8.90. The summed E-state index contributed by atoms with van der Waals surface area (Å²) in [4.78, 5) is 1.35. The van der Waals surface area contributed by atoms with E-state index in [2.05, 4.69) is 6.58 Å². The molecule has 0 radical (unpaired) electrons. The van der Waals surface area contributed by atoms with E-state index in [9.17, 15) is 0 Å². The highest BCUT2D eigenvalue weighted by Crippen LogP contribution is 2.25. The van der Waals surface area contributed by atoms with Crippen molar-refractivity contribution in [2.24, 2.45) is 0 Å². The predicted octanol–water partition coefficient (Wildman–Crippen LogP) is 4.03. The van der Waals surface area contributed by atoms with Crippen LogP contribution in [0.5, 0.6) is 0 Å². The lowest BCUT2D eigenvalue weighted by Gasteiger charge is -2.15. The summed E-state index contributed by atoms with van der Waals surface area (Å²) in [6.07, 6.45) is 1.97. The zero-order valence-electron chi connectivity index (χ0n) is 7.67. The minimum absolute atomic E-state index is 0.231. The average Bonchev–Trinajstić information content (AvgIpc) is 2.12. The molecule has 1 rings (SSSR count). The molecule has 1 aromatic rings. The third-order valence-electron chi connectivity index (χ3n) is 1.61. The van der Waals surface area contributed by atoms with Crippen molar-refractivity contribution in [2.75, 3.05) is 11.4 Å². The number of nitrogens with zero attached hydrogens (tertiary/aromatic N) is 2. The number of hydrogen-bond donors (Lipinski definition) is 0. The van der Waals surface area contributed by atoms with Gasteiger partial charge in [0.15, 0.2) is 6.19 Å². The van der Waals surface area contributed by atoms with Crippen LogP contribution >= 0.6 is 34.8 Å². The summed E-state index contributed by atoms with van der Waals surface area (Å²) >= 11 is 17.3. The molecule has 1 aromatic carbocycles. The molecule has 0 unspecified atom stereocenters. The van der Waals surface area contributed by atoms with Gasteiger partial charge in [-0.25, -0.2) is 0 Å². The molecule has 0 aliphatic carbocycles. The third kappa shape index (κ3) is 3.64. The number of nitriles is 1. The van der Waals surface area contributed by atoms with E-state index in [0.717, 1.165) is 0 Å². The Morgan fingerprint density at radius 2 is 1.87 bits per heavy atom. The second kappa shape index (κ2) is 5.27. The van der Waals surface area contributed by atoms with Crippen LogP contribution in [0.4, 0.5) is 5.69 Å². The van der Waals surface area contributed by atoms with Gasteiger partial charge in [0.05, 0.1) is 12.2 Å². The Labute approximate surface area is 103 Å². The van der Waals surface area contributed by atoms with Gasteiger partial charge in [0, 0.05) is 15.1 Å². The summed E-state index contributed by atoms with van der Waals surface area (Å²) in [7, 11) is 0. The highest BCUT2D eigenvalue weighted by atomic mass is 35.5. The molecule has 0 saturated carbocycles. The van der Waals surface area contributed by atoms with Crippen LogP contribution in [0.3, 0.4) is 0 Å². The van der Waals surface area contributed by atoms with Gasteiger partial charge in [0.2, 0.25) is 0 Å². The molecule has 0 bridgehead atoms. The molecule has 0 fully saturated rings. The molecule has 0 heterocycles. The summed E-state index contributed by atoms with van der Waals surface area (Å²) in [6, 6.07) is 4.87. The summed E-state index contributed by atoms with van der Waals surface area (Å²) in [6.45, 7) is 3.75. The van der Waals surface area contributed by atoms with Gasteiger partial charge in [-0.3, -0.25) is 4.90 Å². The van der Waals surface area contributed by atoms with Crippen LogP contribution in [0.25, 0.3) is 0 Å². The zero-order chi connectivity index (χ0) is 11.4. The van der Waals surface area contributed by atoms with E-state index in [1.165, 1.54) is 4.90 Å². The fraction of sp³-hybridized carbons (Fsp3) is 0.100. The summed E-state index contributed by atoms with van der Waals surface area (Å²) in [5, 5.41) is 10.2. The van der Waals surface area contributed by atoms with E-state index in [-0.39, 0.29) is 6.54 Å². The van der Waals surface area contributed by atoms with Crippen molar-refractivity contribution in [3.8, 4) is 6.19 Å². The number of rotatable bonds is 3. The minimum atomic E-state index is 0.231. The van der Waals surface area contributed by atoms with Crippen LogP contribution in [-0.4, -0.2) is 6.54 Å². The fourth-order valence-electron chi connectivity index (χ4n) is 1.05. The molecule has 0 N–H and O–H groups in total. The van der Waals surface area contributed by atoms with E-state index in [1.54, 1.807) is 18.2 Å². The van der Waals surface area contributed by atoms with Crippen LogP contribution in [0.1, 0.15) is 0 Å². The molecule has 0 aliphatic heterocycles. The van der Waals surface area contributed by atoms with Crippen molar-refractivity contribution < 1.29 is 0 Å². The Morgan fingerprint density at radius 1 is 1.33 bits per heavy atom. The monoisotopic (exact) mass is 260 g/mol. The van der Waals surface area contributed by atoms with Crippen molar-refractivity contribution >= 4 is 40.5 Å². The molecular formula is C10H7Cl3N2. The van der Waals surface area contributed by atoms with Gasteiger partial charge < -0.3 is 0 Å². The first-order valence-corrected chi connectivity index (χ1v) is 5.13. The maximum Gasteiger partial charge on any atom is 0.184 e. The van der Waals surface area contributed by atoms with Gasteiger partial charge in [-0.1, -0.05) is 41.4 Å². The Morgan fingerprint density at radius 3 is 2.27 bits per heavy atom. The minimum Gasteiger partial charge on any atom is -0.274 e. The van der Waals surface area contributed by atoms with Gasteiger partial charge in [-0.2, -0.15) is 5.26 Å². The van der Waals surface area contributed by atoms with Gasteiger partial charge in [-0.05, 0) is 18.2 Å². The van der Waals surface area contributed by atoms with Crippen molar-refractivity contribution in [3.05, 3.63) is 39.9 Å². The molecule has 0 atom stereocenters. The highest BCUT2D eigenvalue weighted by Gasteiger charge is 2.08. The topological polar surface area (TPSA) is 27.0 Å². The fourth-order valence-corrected chi connectivity index (χ4v) is 1.69. The first kappa shape index (κ1) is 12.2. The van der Waals surface area contributed by atoms with E-state index >= 15 is 0 Å². The molecule has 2 nitrogen and oxygen atoms in total. The highest BCUT2D eigenvalue weighted by molar-refractivity contribution is 6.35. The first-order valence-electron chi connectivity index (χ1n) is 3.99. The molecule has 78 valence electrons. The Hall–Kier alpha value is -0.880. The zero-order valence-corrected chi connectivity index (χ0v) is 9.94. The number of hydrogen-bond acceptors (Lipinski definition) is 2. The van der Waals surface area contributed by atoms with Crippen molar-refractivity contribution in [1.82, 2.24) is 0 Å². The van der Waals surface area contributed by atoms with Crippen molar-refractivity contribution in [2.45, 2.75) is 0 Å². The Bertz CT molecular complexity index is 403. The van der Waals surface area contributed by atoms with Gasteiger partial charge >= 0.3 is 0 Å². The van der Waals surface area contributed by atoms with E-state index < -0.39 is 0 Å². The van der Waals surface area contributed by atoms with Crippen LogP contribution in [0, 0.1) is 11.5 Å². The lowest BCUT2D eigenvalue weighted by Crippen LogP contribution is -2.17. The lowest BCUT2D eigenvalue weighted by atomic mass is 10.3. The number of halogens is 3. The first-order chi connectivity index (χ1) is 7.02. The predicted molar refractivity (Wildman–Crippen MR) is 64.4 cm³/mol. The quantitative estimate of drug-likeness (QED) is 0.607. The van der Waals surface area contributed by atoms with E-state index in [4.69, 9.17) is 40.1 Å². The molecule has 0 saturated heterocycles. The van der Waals surface area contributed by atoms with E-state index in [1.807, 2.05) is 6.19 Å². The van der Waals surface area contributed by atoms with Gasteiger partial charge in [0.1, 0.15) is 0 Å². The van der Waals surface area contributed by atoms with Crippen LogP contribution in [0.2, 0.25) is 10.0 Å². The second-order valence-electron chi connectivity index (χ2n) is 2.83. The molecule has 0 aromatic heterocycles. The second-order valence-corrected chi connectivity index (χ2v) is 4.24. The standard InChI is InChI=1S/C10H7Cl3N2/c1-7(11)5-15(6-14)10-3-8(12)2-9(13)4-10/h2-4H,1,5H2. The summed E-state index contributed by atoms with van der Waals surface area (Å²) in [5.41, 5.74) is 0.594. The lowest BCUT2D eigenvalue weighted by molar-refractivity contribution is 1.09. The van der Waals surface area contributed by atoms with Gasteiger partial charge in [0.25, 0.3) is 0 Å². The molecule has 15 heavy (non-hydrogen) atoms. The van der Waals surface area contributed by atoms with E-state index in [0.29, 0.717) is 20.8 Å². The van der Waals surface area contributed by atoms with Gasteiger partial charge in [-0.15, -0.1) is 0 Å². The maximum absolute atomic E-state index is 8.90. The van der Waals surface area contributed by atoms with Crippen molar-refractivity contribution in [1.29, 1.82) is 5.26 Å². The molecule has 5 heteroatoms. The normalized spacial score (nSPS) is 9.47. The van der Waals surface area contributed by atoms with Crippen LogP contribution in [0.15, 0.2) is 29.8 Å². The Kier molecular flexibility index (Phi) is 4.28.